The number of aliphatic hydroxyl groups excluding tert-OH is 1. The Morgan fingerprint density at radius 2 is 1.60 bits per heavy atom. The van der Waals surface area contributed by atoms with Crippen LogP contribution in [0.5, 0.6) is 0 Å². The fourth-order valence-corrected chi connectivity index (χ4v) is 2.21. The van der Waals surface area contributed by atoms with E-state index in [0.717, 1.165) is 0 Å². The lowest BCUT2D eigenvalue weighted by atomic mass is 9.65. The second-order valence-electron chi connectivity index (χ2n) is 5.24. The molecule has 0 radical (unpaired) electrons. The summed E-state index contributed by atoms with van der Waals surface area (Å²) in [6.45, 7) is 8.15. The van der Waals surface area contributed by atoms with Gasteiger partial charge in [-0.15, -0.1) is 0 Å². The van der Waals surface area contributed by atoms with E-state index in [0.29, 0.717) is 0 Å². The number of ether oxygens (including phenoxy) is 1. The van der Waals surface area contributed by atoms with Gasteiger partial charge in [0, 0.05) is 5.92 Å². The molecule has 1 saturated heterocycles. The Hall–Kier alpha value is -0.160. The highest BCUT2D eigenvalue weighted by Crippen LogP contribution is 2.45. The van der Waals surface area contributed by atoms with Crippen LogP contribution >= 0.6 is 0 Å². The molecule has 0 spiro atoms. The molecule has 0 bridgehead atoms. The van der Waals surface area contributed by atoms with Crippen LogP contribution in [0, 0.1) is 5.92 Å². The van der Waals surface area contributed by atoms with Gasteiger partial charge in [0.05, 0.1) is 23.9 Å². The highest BCUT2D eigenvalue weighted by molar-refractivity contribution is 5.09. The number of hydrogen-bond donors (Lipinski definition) is 3. The van der Waals surface area contributed by atoms with Crippen LogP contribution in [0.3, 0.4) is 0 Å². The average molecular weight is 218 g/mol. The molecular formula is C11H22O4. The van der Waals surface area contributed by atoms with E-state index in [9.17, 15) is 15.3 Å². The molecule has 5 atom stereocenters. The van der Waals surface area contributed by atoms with Crippen molar-refractivity contribution in [3.63, 3.8) is 0 Å². The average Bonchev–Trinajstić information content (AvgIpc) is 2.14. The summed E-state index contributed by atoms with van der Waals surface area (Å²) in [6, 6.07) is 0. The maximum absolute atomic E-state index is 10.4. The Balaban J connectivity index is 3.13. The van der Waals surface area contributed by atoms with E-state index < -0.39 is 22.9 Å². The van der Waals surface area contributed by atoms with Crippen LogP contribution in [0.15, 0.2) is 0 Å². The van der Waals surface area contributed by atoms with Gasteiger partial charge in [-0.05, 0) is 27.7 Å². The molecule has 0 aliphatic carbocycles. The van der Waals surface area contributed by atoms with Crippen molar-refractivity contribution in [2.24, 2.45) is 5.92 Å². The summed E-state index contributed by atoms with van der Waals surface area (Å²) >= 11 is 0. The molecule has 0 aromatic carbocycles. The van der Waals surface area contributed by atoms with Crippen molar-refractivity contribution < 1.29 is 20.1 Å². The number of rotatable bonds is 1. The summed E-state index contributed by atoms with van der Waals surface area (Å²) in [5.74, 6) is -0.383. The Labute approximate surface area is 90.9 Å². The van der Waals surface area contributed by atoms with E-state index in [-0.39, 0.29) is 12.5 Å². The van der Waals surface area contributed by atoms with Gasteiger partial charge >= 0.3 is 0 Å². The van der Waals surface area contributed by atoms with E-state index in [1.54, 1.807) is 34.6 Å². The van der Waals surface area contributed by atoms with Crippen molar-refractivity contribution in [3.05, 3.63) is 0 Å². The van der Waals surface area contributed by atoms with Gasteiger partial charge in [0.25, 0.3) is 0 Å². The quantitative estimate of drug-likeness (QED) is 0.592. The van der Waals surface area contributed by atoms with Gasteiger partial charge in [-0.2, -0.15) is 0 Å². The lowest BCUT2D eigenvalue weighted by Crippen LogP contribution is -2.71. The zero-order valence-electron chi connectivity index (χ0n) is 10.1. The van der Waals surface area contributed by atoms with Crippen LogP contribution in [0.1, 0.15) is 34.6 Å². The van der Waals surface area contributed by atoms with Crippen LogP contribution in [-0.2, 0) is 4.74 Å². The molecule has 3 N–H and O–H groups in total. The minimum Gasteiger partial charge on any atom is -0.393 e. The van der Waals surface area contributed by atoms with E-state index in [1.807, 2.05) is 0 Å². The van der Waals surface area contributed by atoms with Crippen molar-refractivity contribution in [2.75, 3.05) is 6.61 Å². The standard InChI is InChI=1S/C11H22O4/c1-7-10(4,13)8(2)15-9(3,6-12)11(7,5)14/h7-8,12-14H,6H2,1-5H3. The van der Waals surface area contributed by atoms with Crippen molar-refractivity contribution >= 4 is 0 Å². The van der Waals surface area contributed by atoms with Crippen molar-refractivity contribution in [3.8, 4) is 0 Å². The smallest absolute Gasteiger partial charge is 0.117 e. The lowest BCUT2D eigenvalue weighted by Gasteiger charge is -2.57. The first-order valence-corrected chi connectivity index (χ1v) is 5.33. The number of aliphatic hydroxyl groups is 3. The third-order valence-electron chi connectivity index (χ3n) is 4.35. The second-order valence-corrected chi connectivity index (χ2v) is 5.24. The molecular weight excluding hydrogens is 196 g/mol. The first kappa shape index (κ1) is 12.9. The molecule has 1 aliphatic rings. The maximum Gasteiger partial charge on any atom is 0.117 e. The van der Waals surface area contributed by atoms with Crippen molar-refractivity contribution in [2.45, 2.75) is 57.5 Å². The Morgan fingerprint density at radius 3 is 2.00 bits per heavy atom. The Kier molecular flexibility index (Phi) is 2.94. The molecule has 5 unspecified atom stereocenters. The van der Waals surface area contributed by atoms with Crippen molar-refractivity contribution in [1.29, 1.82) is 0 Å². The molecule has 4 nitrogen and oxygen atoms in total. The van der Waals surface area contributed by atoms with Crippen LogP contribution in [-0.4, -0.2) is 44.8 Å². The molecule has 1 aliphatic heterocycles. The fourth-order valence-electron chi connectivity index (χ4n) is 2.21. The lowest BCUT2D eigenvalue weighted by molar-refractivity contribution is -0.317. The molecule has 0 amide bonds. The van der Waals surface area contributed by atoms with E-state index in [2.05, 4.69) is 0 Å². The molecule has 90 valence electrons. The van der Waals surface area contributed by atoms with E-state index in [1.165, 1.54) is 0 Å². The van der Waals surface area contributed by atoms with Gasteiger partial charge in [-0.3, -0.25) is 0 Å². The number of hydrogen-bond acceptors (Lipinski definition) is 4. The predicted octanol–water partition coefficient (Wildman–Crippen LogP) is 0.294. The van der Waals surface area contributed by atoms with E-state index in [4.69, 9.17) is 4.74 Å². The maximum atomic E-state index is 10.4. The molecule has 1 fully saturated rings. The molecule has 0 saturated carbocycles. The second kappa shape index (κ2) is 3.42. The van der Waals surface area contributed by atoms with Crippen LogP contribution < -0.4 is 0 Å². The summed E-state index contributed by atoms with van der Waals surface area (Å²) in [6.07, 6.45) is -0.426. The Bertz CT molecular complexity index is 249. The summed E-state index contributed by atoms with van der Waals surface area (Å²) < 4.78 is 5.57. The normalized spacial score (nSPS) is 56.8. The zero-order chi connectivity index (χ0) is 12.1. The predicted molar refractivity (Wildman–Crippen MR) is 56.4 cm³/mol. The first-order valence-electron chi connectivity index (χ1n) is 5.33. The van der Waals surface area contributed by atoms with Gasteiger partial charge in [-0.1, -0.05) is 6.92 Å². The zero-order valence-corrected chi connectivity index (χ0v) is 10.1. The van der Waals surface area contributed by atoms with Crippen LogP contribution in [0.2, 0.25) is 0 Å². The SMILES string of the molecule is CC1OC(C)(CO)C(C)(O)C(C)C1(C)O. The van der Waals surface area contributed by atoms with Crippen LogP contribution in [0.25, 0.3) is 0 Å². The molecule has 0 aromatic rings. The van der Waals surface area contributed by atoms with Gasteiger partial charge in [-0.25, -0.2) is 0 Å². The van der Waals surface area contributed by atoms with Gasteiger partial charge in [0.15, 0.2) is 0 Å². The fraction of sp³-hybridized carbons (Fsp3) is 1.00. The van der Waals surface area contributed by atoms with Gasteiger partial charge in [0.2, 0.25) is 0 Å². The first-order chi connectivity index (χ1) is 6.59. The molecule has 0 aromatic heterocycles. The minimum atomic E-state index is -1.27. The third-order valence-corrected chi connectivity index (χ3v) is 4.35. The highest BCUT2D eigenvalue weighted by atomic mass is 16.6. The molecule has 15 heavy (non-hydrogen) atoms. The van der Waals surface area contributed by atoms with Gasteiger partial charge < -0.3 is 20.1 Å². The summed E-state index contributed by atoms with van der Waals surface area (Å²) in [7, 11) is 0. The highest BCUT2D eigenvalue weighted by Gasteiger charge is 2.60. The minimum absolute atomic E-state index is 0.273. The van der Waals surface area contributed by atoms with E-state index >= 15 is 0 Å². The summed E-state index contributed by atoms with van der Waals surface area (Å²) in [4.78, 5) is 0. The van der Waals surface area contributed by atoms with Crippen molar-refractivity contribution in [1.82, 2.24) is 0 Å². The molecule has 4 heteroatoms. The molecule has 1 heterocycles. The summed E-state index contributed by atoms with van der Waals surface area (Å²) in [5, 5.41) is 29.9. The topological polar surface area (TPSA) is 69.9 Å². The largest absolute Gasteiger partial charge is 0.393 e. The summed E-state index contributed by atoms with van der Waals surface area (Å²) in [5.41, 5.74) is -3.40. The van der Waals surface area contributed by atoms with Crippen LogP contribution in [0.4, 0.5) is 0 Å². The molecule has 1 rings (SSSR count). The third kappa shape index (κ3) is 1.60. The Morgan fingerprint density at radius 1 is 1.13 bits per heavy atom. The monoisotopic (exact) mass is 218 g/mol. The van der Waals surface area contributed by atoms with Gasteiger partial charge in [0.1, 0.15) is 5.60 Å².